The van der Waals surface area contributed by atoms with Crippen molar-refractivity contribution in [1.29, 1.82) is 0 Å². The fourth-order valence-electron chi connectivity index (χ4n) is 1.66. The Bertz CT molecular complexity index is 489. The van der Waals surface area contributed by atoms with Crippen LogP contribution in [-0.2, 0) is 11.3 Å². The summed E-state index contributed by atoms with van der Waals surface area (Å²) in [5, 5.41) is 12.8. The van der Waals surface area contributed by atoms with Crippen LogP contribution < -0.4 is 0 Å². The number of thiophene rings is 1. The van der Waals surface area contributed by atoms with Gasteiger partial charge in [0.2, 0.25) is 0 Å². The first kappa shape index (κ1) is 13.0. The predicted octanol–water partition coefficient (Wildman–Crippen LogP) is 3.48. The molecule has 0 spiro atoms. The van der Waals surface area contributed by atoms with Crippen LogP contribution in [0.15, 0.2) is 53.2 Å². The fourth-order valence-corrected chi connectivity index (χ4v) is 2.32. The topological polar surface area (TPSA) is 29.5 Å². The monoisotopic (exact) mass is 260 g/mol. The highest BCUT2D eigenvalue weighted by Gasteiger charge is 1.99. The summed E-state index contributed by atoms with van der Waals surface area (Å²) in [4.78, 5) is 0. The molecule has 0 fully saturated rings. The van der Waals surface area contributed by atoms with E-state index in [0.717, 1.165) is 5.56 Å². The summed E-state index contributed by atoms with van der Waals surface area (Å²) in [7, 11) is 0. The molecule has 1 heterocycles. The highest BCUT2D eigenvalue weighted by Crippen LogP contribution is 2.23. The highest BCUT2D eigenvalue weighted by molar-refractivity contribution is 7.08. The molecule has 3 heteroatoms. The number of hydrogen-bond acceptors (Lipinski definition) is 3. The third-order valence-corrected chi connectivity index (χ3v) is 3.22. The zero-order valence-corrected chi connectivity index (χ0v) is 10.9. The Balaban J connectivity index is 1.94. The van der Waals surface area contributed by atoms with Gasteiger partial charge in [0, 0.05) is 0 Å². The Morgan fingerprint density at radius 2 is 2.11 bits per heavy atom. The molecule has 0 saturated carbocycles. The molecule has 2 rings (SSSR count). The molecule has 1 aromatic carbocycles. The van der Waals surface area contributed by atoms with Gasteiger partial charge in [-0.1, -0.05) is 30.4 Å². The van der Waals surface area contributed by atoms with E-state index in [2.05, 4.69) is 41.1 Å². The maximum atomic E-state index is 8.58. The third-order valence-electron chi connectivity index (χ3n) is 2.54. The van der Waals surface area contributed by atoms with Gasteiger partial charge in [-0.25, -0.2) is 0 Å². The van der Waals surface area contributed by atoms with Gasteiger partial charge >= 0.3 is 0 Å². The van der Waals surface area contributed by atoms with E-state index in [1.54, 1.807) is 17.4 Å². The van der Waals surface area contributed by atoms with E-state index in [1.807, 2.05) is 6.08 Å². The van der Waals surface area contributed by atoms with Crippen LogP contribution in [0.3, 0.4) is 0 Å². The maximum Gasteiger partial charge on any atom is 0.0721 e. The van der Waals surface area contributed by atoms with Crippen LogP contribution in [0.25, 0.3) is 11.1 Å². The normalized spacial score (nSPS) is 11.2. The van der Waals surface area contributed by atoms with Crippen molar-refractivity contribution >= 4 is 11.3 Å². The van der Waals surface area contributed by atoms with E-state index in [4.69, 9.17) is 9.84 Å². The Labute approximate surface area is 111 Å². The summed E-state index contributed by atoms with van der Waals surface area (Å²) >= 11 is 1.70. The number of aliphatic hydroxyl groups excluding tert-OH is 1. The second-order valence-electron chi connectivity index (χ2n) is 3.88. The SMILES string of the molecule is OCC=CCOCc1cccc(-c2ccsc2)c1. The van der Waals surface area contributed by atoms with Gasteiger partial charge in [-0.3, -0.25) is 0 Å². The van der Waals surface area contributed by atoms with Crippen molar-refractivity contribution < 1.29 is 9.84 Å². The molecule has 0 bridgehead atoms. The van der Waals surface area contributed by atoms with Crippen molar-refractivity contribution in [2.75, 3.05) is 13.2 Å². The zero-order chi connectivity index (χ0) is 12.6. The summed E-state index contributed by atoms with van der Waals surface area (Å²) in [5.41, 5.74) is 3.64. The lowest BCUT2D eigenvalue weighted by Crippen LogP contribution is -1.93. The van der Waals surface area contributed by atoms with E-state index >= 15 is 0 Å². The summed E-state index contributed by atoms with van der Waals surface area (Å²) in [6, 6.07) is 10.5. The molecule has 0 amide bonds. The van der Waals surface area contributed by atoms with Gasteiger partial charge in [0.05, 0.1) is 19.8 Å². The molecule has 0 aliphatic carbocycles. The van der Waals surface area contributed by atoms with Gasteiger partial charge in [-0.15, -0.1) is 0 Å². The largest absolute Gasteiger partial charge is 0.392 e. The second-order valence-corrected chi connectivity index (χ2v) is 4.66. The molecule has 0 aliphatic rings. The Hall–Kier alpha value is -1.42. The van der Waals surface area contributed by atoms with Crippen LogP contribution in [0.1, 0.15) is 5.56 Å². The fraction of sp³-hybridized carbons (Fsp3) is 0.200. The summed E-state index contributed by atoms with van der Waals surface area (Å²) in [6.07, 6.45) is 3.50. The van der Waals surface area contributed by atoms with Crippen LogP contribution in [0.5, 0.6) is 0 Å². The first-order valence-corrected chi connectivity index (χ1v) is 6.79. The number of rotatable bonds is 6. The quantitative estimate of drug-likeness (QED) is 0.636. The predicted molar refractivity (Wildman–Crippen MR) is 75.6 cm³/mol. The number of aliphatic hydroxyl groups is 1. The van der Waals surface area contributed by atoms with Gasteiger partial charge in [0.15, 0.2) is 0 Å². The Morgan fingerprint density at radius 1 is 1.17 bits per heavy atom. The minimum absolute atomic E-state index is 0.0665. The van der Waals surface area contributed by atoms with Crippen molar-refractivity contribution in [2.45, 2.75) is 6.61 Å². The minimum Gasteiger partial charge on any atom is -0.392 e. The molecule has 2 nitrogen and oxygen atoms in total. The van der Waals surface area contributed by atoms with Gasteiger partial charge in [-0.2, -0.15) is 11.3 Å². The maximum absolute atomic E-state index is 8.58. The van der Waals surface area contributed by atoms with Crippen molar-refractivity contribution in [3.05, 3.63) is 58.8 Å². The van der Waals surface area contributed by atoms with E-state index < -0.39 is 0 Å². The van der Waals surface area contributed by atoms with Crippen LogP contribution in [-0.4, -0.2) is 18.3 Å². The third kappa shape index (κ3) is 3.81. The van der Waals surface area contributed by atoms with Crippen molar-refractivity contribution in [3.63, 3.8) is 0 Å². The van der Waals surface area contributed by atoms with E-state index in [1.165, 1.54) is 11.1 Å². The lowest BCUT2D eigenvalue weighted by atomic mass is 10.1. The first-order valence-electron chi connectivity index (χ1n) is 5.85. The van der Waals surface area contributed by atoms with Crippen molar-refractivity contribution in [3.8, 4) is 11.1 Å². The molecule has 0 unspecified atom stereocenters. The molecule has 0 saturated heterocycles. The molecule has 0 aliphatic heterocycles. The number of benzene rings is 1. The molecule has 1 N–H and O–H groups in total. The highest BCUT2D eigenvalue weighted by atomic mass is 32.1. The number of ether oxygens (including phenoxy) is 1. The molecule has 18 heavy (non-hydrogen) atoms. The molecular weight excluding hydrogens is 244 g/mol. The van der Waals surface area contributed by atoms with Crippen LogP contribution in [0, 0.1) is 0 Å². The molecule has 0 radical (unpaired) electrons. The standard InChI is InChI=1S/C15H16O2S/c16-7-1-2-8-17-11-13-4-3-5-14(10-13)15-6-9-18-12-15/h1-6,9-10,12,16H,7-8,11H2. The molecule has 2 aromatic rings. The number of hydrogen-bond donors (Lipinski definition) is 1. The van der Waals surface area contributed by atoms with Crippen LogP contribution >= 0.6 is 11.3 Å². The minimum atomic E-state index is 0.0665. The molecule has 1 aromatic heterocycles. The molecule has 0 atom stereocenters. The first-order chi connectivity index (χ1) is 8.90. The second kappa shape index (κ2) is 7.11. The summed E-state index contributed by atoms with van der Waals surface area (Å²) < 4.78 is 5.50. The average Bonchev–Trinajstić information content (AvgIpc) is 2.93. The molecule has 94 valence electrons. The van der Waals surface area contributed by atoms with Gasteiger partial charge in [0.1, 0.15) is 0 Å². The zero-order valence-electron chi connectivity index (χ0n) is 10.1. The smallest absolute Gasteiger partial charge is 0.0721 e. The summed E-state index contributed by atoms with van der Waals surface area (Å²) in [5.74, 6) is 0. The van der Waals surface area contributed by atoms with Gasteiger partial charge in [-0.05, 0) is 39.6 Å². The van der Waals surface area contributed by atoms with E-state index in [-0.39, 0.29) is 6.61 Å². The average molecular weight is 260 g/mol. The van der Waals surface area contributed by atoms with Crippen LogP contribution in [0.4, 0.5) is 0 Å². The van der Waals surface area contributed by atoms with E-state index in [0.29, 0.717) is 13.2 Å². The Morgan fingerprint density at radius 3 is 2.89 bits per heavy atom. The van der Waals surface area contributed by atoms with Crippen molar-refractivity contribution in [2.24, 2.45) is 0 Å². The Kier molecular flexibility index (Phi) is 5.15. The lowest BCUT2D eigenvalue weighted by Gasteiger charge is -2.04. The van der Waals surface area contributed by atoms with E-state index in [9.17, 15) is 0 Å². The van der Waals surface area contributed by atoms with Gasteiger partial charge < -0.3 is 9.84 Å². The van der Waals surface area contributed by atoms with Gasteiger partial charge in [0.25, 0.3) is 0 Å². The molecular formula is C15H16O2S. The summed E-state index contributed by atoms with van der Waals surface area (Å²) in [6.45, 7) is 1.19. The van der Waals surface area contributed by atoms with Crippen molar-refractivity contribution in [1.82, 2.24) is 0 Å². The van der Waals surface area contributed by atoms with Crippen LogP contribution in [0.2, 0.25) is 0 Å². The lowest BCUT2D eigenvalue weighted by molar-refractivity contribution is 0.148.